The summed E-state index contributed by atoms with van der Waals surface area (Å²) in [6.45, 7) is 0. The van der Waals surface area contributed by atoms with E-state index in [2.05, 4.69) is 36.2 Å². The zero-order valence-electron chi connectivity index (χ0n) is 14.8. The van der Waals surface area contributed by atoms with Crippen molar-refractivity contribution in [2.45, 2.75) is 32.1 Å². The third kappa shape index (κ3) is 4.44. The molecule has 0 saturated heterocycles. The maximum atomic E-state index is 14.2. The number of ketones is 1. The fraction of sp³-hybridized carbons (Fsp3) is 0.389. The summed E-state index contributed by atoms with van der Waals surface area (Å²) in [7, 11) is 0. The zero-order valence-corrected chi connectivity index (χ0v) is 16.4. The van der Waals surface area contributed by atoms with Crippen molar-refractivity contribution in [2.24, 2.45) is 17.6 Å². The number of primary amides is 1. The van der Waals surface area contributed by atoms with Crippen molar-refractivity contribution in [1.82, 2.24) is 10.3 Å². The van der Waals surface area contributed by atoms with Gasteiger partial charge in [-0.3, -0.25) is 14.4 Å². The van der Waals surface area contributed by atoms with Crippen molar-refractivity contribution in [3.63, 3.8) is 0 Å². The average molecular weight is 453 g/mol. The molecular formula is C18H18BrFN4O4. The molecule has 148 valence electrons. The largest absolute Gasteiger partial charge is 0.364 e. The van der Waals surface area contributed by atoms with Crippen LogP contribution in [0.2, 0.25) is 0 Å². The monoisotopic (exact) mass is 452 g/mol. The number of nitrogens with one attached hydrogen (secondary N) is 1. The molecule has 1 heterocycles. The van der Waals surface area contributed by atoms with Crippen LogP contribution in [0.5, 0.6) is 0 Å². The summed E-state index contributed by atoms with van der Waals surface area (Å²) in [6.07, 6.45) is 3.00. The van der Waals surface area contributed by atoms with Crippen molar-refractivity contribution in [1.29, 1.82) is 0 Å². The number of hydrogen-bond donors (Lipinski definition) is 2. The summed E-state index contributed by atoms with van der Waals surface area (Å²) in [5.74, 6) is -3.08. The lowest BCUT2D eigenvalue weighted by atomic mass is 9.74. The molecule has 0 bridgehead atoms. The Hall–Kier alpha value is -2.62. The highest BCUT2D eigenvalue weighted by Gasteiger charge is 2.34. The highest BCUT2D eigenvalue weighted by Crippen LogP contribution is 2.35. The van der Waals surface area contributed by atoms with Gasteiger partial charge in [-0.1, -0.05) is 28.8 Å². The maximum absolute atomic E-state index is 14.2. The Bertz CT molecular complexity index is 917. The third-order valence-corrected chi connectivity index (χ3v) is 5.36. The Morgan fingerprint density at radius 2 is 2.00 bits per heavy atom. The molecule has 0 radical (unpaired) electrons. The minimum absolute atomic E-state index is 0.0252. The predicted octanol–water partition coefficient (Wildman–Crippen LogP) is 3.09. The molecule has 2 aromatic rings. The van der Waals surface area contributed by atoms with Crippen LogP contribution in [0.4, 0.5) is 10.2 Å². The van der Waals surface area contributed by atoms with Crippen LogP contribution in [0.25, 0.3) is 0 Å². The topological polar surface area (TPSA) is 128 Å². The molecule has 1 fully saturated rings. The lowest BCUT2D eigenvalue weighted by Crippen LogP contribution is -2.31. The molecule has 1 saturated carbocycles. The van der Waals surface area contributed by atoms with Crippen molar-refractivity contribution in [3.8, 4) is 0 Å². The van der Waals surface area contributed by atoms with Crippen LogP contribution >= 0.6 is 15.9 Å². The number of benzene rings is 1. The minimum atomic E-state index is -0.881. The van der Waals surface area contributed by atoms with E-state index >= 15 is 0 Å². The smallest absolute Gasteiger partial charge is 0.274 e. The number of anilines is 1. The first kappa shape index (κ1) is 20.1. The number of amides is 2. The van der Waals surface area contributed by atoms with Crippen LogP contribution in [0.3, 0.4) is 0 Å². The normalized spacial score (nSPS) is 19.2. The molecule has 3 rings (SSSR count). The Balaban J connectivity index is 1.72. The van der Waals surface area contributed by atoms with Crippen LogP contribution in [0, 0.1) is 17.7 Å². The van der Waals surface area contributed by atoms with E-state index < -0.39 is 23.5 Å². The summed E-state index contributed by atoms with van der Waals surface area (Å²) >= 11 is 3.17. The molecule has 2 unspecified atom stereocenters. The number of aromatic nitrogens is 2. The lowest BCUT2D eigenvalue weighted by Gasteiger charge is -2.30. The number of hydrogen-bond acceptors (Lipinski definition) is 6. The Morgan fingerprint density at radius 1 is 1.25 bits per heavy atom. The number of carbonyl (C=O) groups is 3. The molecule has 1 aliphatic carbocycles. The molecule has 0 spiro atoms. The van der Waals surface area contributed by atoms with Gasteiger partial charge in [0, 0.05) is 16.8 Å². The molecule has 2 amide bonds. The molecule has 2 atom stereocenters. The van der Waals surface area contributed by atoms with Gasteiger partial charge in [-0.15, -0.1) is 0 Å². The second-order valence-electron chi connectivity index (χ2n) is 6.72. The van der Waals surface area contributed by atoms with Crippen LogP contribution in [-0.4, -0.2) is 27.9 Å². The first-order valence-corrected chi connectivity index (χ1v) is 9.57. The SMILES string of the molecule is NC(=O)c1nonc1NC(=O)CC1CCCCC1C(=O)c1ccc(Br)cc1F. The van der Waals surface area contributed by atoms with Crippen LogP contribution in [-0.2, 0) is 4.79 Å². The van der Waals surface area contributed by atoms with E-state index in [4.69, 9.17) is 5.73 Å². The highest BCUT2D eigenvalue weighted by atomic mass is 79.9. The molecule has 8 nitrogen and oxygen atoms in total. The van der Waals surface area contributed by atoms with E-state index in [1.54, 1.807) is 6.07 Å². The molecule has 10 heteroatoms. The number of rotatable bonds is 6. The summed E-state index contributed by atoms with van der Waals surface area (Å²) < 4.78 is 19.2. The Kier molecular flexibility index (Phi) is 6.18. The number of carbonyl (C=O) groups excluding carboxylic acids is 3. The van der Waals surface area contributed by atoms with E-state index in [9.17, 15) is 18.8 Å². The third-order valence-electron chi connectivity index (χ3n) is 4.87. The quantitative estimate of drug-likeness (QED) is 0.647. The van der Waals surface area contributed by atoms with E-state index in [1.165, 1.54) is 12.1 Å². The number of nitrogens with two attached hydrogens (primary N) is 1. The van der Waals surface area contributed by atoms with Gasteiger partial charge >= 0.3 is 0 Å². The molecule has 1 aliphatic rings. The summed E-state index contributed by atoms with van der Waals surface area (Å²) in [5.41, 5.74) is 4.88. The van der Waals surface area contributed by atoms with Gasteiger partial charge < -0.3 is 11.1 Å². The first-order chi connectivity index (χ1) is 13.4. The second kappa shape index (κ2) is 8.59. The van der Waals surface area contributed by atoms with Crippen LogP contribution in [0.15, 0.2) is 27.3 Å². The standard InChI is InChI=1S/C18H18BrFN4O4/c19-10-5-6-12(13(20)8-10)16(26)11-4-2-1-3-9(11)7-14(25)22-18-15(17(21)27)23-28-24-18/h5-6,8-9,11H,1-4,7H2,(H2,21,27)(H,22,24,25). The lowest BCUT2D eigenvalue weighted by molar-refractivity contribution is -0.117. The molecule has 0 aliphatic heterocycles. The van der Waals surface area contributed by atoms with E-state index in [1.807, 2.05) is 0 Å². The van der Waals surface area contributed by atoms with Gasteiger partial charge in [0.05, 0.1) is 5.56 Å². The predicted molar refractivity (Wildman–Crippen MR) is 99.9 cm³/mol. The number of Topliss-reactive ketones (excluding diaryl/α,β-unsaturated/α-hetero) is 1. The van der Waals surface area contributed by atoms with Crippen molar-refractivity contribution < 1.29 is 23.4 Å². The summed E-state index contributed by atoms with van der Waals surface area (Å²) in [6, 6.07) is 4.32. The van der Waals surface area contributed by atoms with Gasteiger partial charge in [-0.25, -0.2) is 9.02 Å². The van der Waals surface area contributed by atoms with Gasteiger partial charge in [0.15, 0.2) is 5.78 Å². The fourth-order valence-corrected chi connectivity index (χ4v) is 3.87. The van der Waals surface area contributed by atoms with E-state index in [0.29, 0.717) is 17.3 Å². The second-order valence-corrected chi connectivity index (χ2v) is 7.63. The summed E-state index contributed by atoms with van der Waals surface area (Å²) in [4.78, 5) is 36.5. The first-order valence-electron chi connectivity index (χ1n) is 8.78. The van der Waals surface area contributed by atoms with Gasteiger partial charge in [0.1, 0.15) is 5.82 Å². The summed E-state index contributed by atoms with van der Waals surface area (Å²) in [5, 5.41) is 9.23. The minimum Gasteiger partial charge on any atom is -0.364 e. The number of nitrogens with zero attached hydrogens (tertiary/aromatic N) is 2. The van der Waals surface area contributed by atoms with Crippen molar-refractivity contribution >= 4 is 39.3 Å². The van der Waals surface area contributed by atoms with Gasteiger partial charge in [0.2, 0.25) is 17.4 Å². The van der Waals surface area contributed by atoms with Crippen molar-refractivity contribution in [2.75, 3.05) is 5.32 Å². The van der Waals surface area contributed by atoms with Gasteiger partial charge in [0.25, 0.3) is 5.91 Å². The van der Waals surface area contributed by atoms with Gasteiger partial charge in [-0.2, -0.15) is 0 Å². The molecule has 1 aromatic carbocycles. The average Bonchev–Trinajstić information content (AvgIpc) is 3.10. The fourth-order valence-electron chi connectivity index (χ4n) is 3.54. The Morgan fingerprint density at radius 3 is 2.71 bits per heavy atom. The van der Waals surface area contributed by atoms with Crippen LogP contribution in [0.1, 0.15) is 53.0 Å². The molecule has 28 heavy (non-hydrogen) atoms. The number of halogens is 2. The zero-order chi connectivity index (χ0) is 20.3. The molecule has 3 N–H and O–H groups in total. The van der Waals surface area contributed by atoms with E-state index in [-0.39, 0.29) is 35.2 Å². The molecule has 1 aromatic heterocycles. The van der Waals surface area contributed by atoms with Crippen molar-refractivity contribution in [3.05, 3.63) is 39.7 Å². The maximum Gasteiger partial charge on any atom is 0.274 e. The van der Waals surface area contributed by atoms with Gasteiger partial charge in [-0.05, 0) is 47.3 Å². The Labute approximate surface area is 168 Å². The van der Waals surface area contributed by atoms with Crippen LogP contribution < -0.4 is 11.1 Å². The van der Waals surface area contributed by atoms with E-state index in [0.717, 1.165) is 12.8 Å². The highest BCUT2D eigenvalue weighted by molar-refractivity contribution is 9.10. The molecular weight excluding hydrogens is 435 g/mol.